The maximum absolute atomic E-state index is 13.6. The summed E-state index contributed by atoms with van der Waals surface area (Å²) in [5.74, 6) is 5.30. The van der Waals surface area contributed by atoms with Crippen LogP contribution in [0.5, 0.6) is 0 Å². The van der Waals surface area contributed by atoms with Crippen molar-refractivity contribution in [2.24, 2.45) is 5.84 Å². The number of rotatable bonds is 4. The van der Waals surface area contributed by atoms with E-state index in [4.69, 9.17) is 5.84 Å². The summed E-state index contributed by atoms with van der Waals surface area (Å²) in [6.07, 6.45) is 0.691. The predicted octanol–water partition coefficient (Wildman–Crippen LogP) is 4.10. The van der Waals surface area contributed by atoms with Crippen LogP contribution in [0.25, 0.3) is 0 Å². The Hall–Kier alpha value is -0.750. The van der Waals surface area contributed by atoms with Gasteiger partial charge in [-0.2, -0.15) is 0 Å². The lowest BCUT2D eigenvalue weighted by Crippen LogP contribution is -2.29. The zero-order chi connectivity index (χ0) is 13.8. The van der Waals surface area contributed by atoms with Crippen LogP contribution >= 0.6 is 31.9 Å². The fourth-order valence-electron chi connectivity index (χ4n) is 1.90. The Bertz CT molecular complexity index is 575. The van der Waals surface area contributed by atoms with E-state index in [1.54, 1.807) is 6.07 Å². The molecule has 2 rings (SSSR count). The molecule has 2 nitrogen and oxygen atoms in total. The molecule has 0 aliphatic heterocycles. The highest BCUT2D eigenvalue weighted by molar-refractivity contribution is 9.10. The lowest BCUT2D eigenvalue weighted by molar-refractivity contribution is 0.543. The zero-order valence-corrected chi connectivity index (χ0v) is 13.2. The minimum Gasteiger partial charge on any atom is -0.271 e. The second-order valence-electron chi connectivity index (χ2n) is 4.23. The summed E-state index contributed by atoms with van der Waals surface area (Å²) < 4.78 is 15.0. The summed E-state index contributed by atoms with van der Waals surface area (Å²) in [5, 5.41) is 0. The van der Waals surface area contributed by atoms with Gasteiger partial charge in [0.05, 0.1) is 10.5 Å². The molecule has 0 aliphatic carbocycles. The molecular weight excluding hydrogens is 375 g/mol. The van der Waals surface area contributed by atoms with E-state index in [2.05, 4.69) is 37.3 Å². The Morgan fingerprint density at radius 1 is 1.16 bits per heavy atom. The van der Waals surface area contributed by atoms with Crippen molar-refractivity contribution in [2.75, 3.05) is 0 Å². The highest BCUT2D eigenvalue weighted by Crippen LogP contribution is 2.23. The highest BCUT2D eigenvalue weighted by atomic mass is 79.9. The molecule has 0 amide bonds. The first-order valence-corrected chi connectivity index (χ1v) is 7.34. The van der Waals surface area contributed by atoms with Crippen LogP contribution in [-0.4, -0.2) is 0 Å². The first kappa shape index (κ1) is 14.7. The van der Waals surface area contributed by atoms with Gasteiger partial charge in [0.15, 0.2) is 0 Å². The van der Waals surface area contributed by atoms with E-state index in [9.17, 15) is 4.39 Å². The van der Waals surface area contributed by atoms with E-state index in [1.807, 2.05) is 30.3 Å². The predicted molar refractivity (Wildman–Crippen MR) is 82.0 cm³/mol. The number of halogens is 3. The largest absolute Gasteiger partial charge is 0.271 e. The maximum atomic E-state index is 13.6. The lowest BCUT2D eigenvalue weighted by atomic mass is 9.99. The molecule has 2 aromatic carbocycles. The van der Waals surface area contributed by atoms with Crippen molar-refractivity contribution in [3.05, 3.63) is 68.4 Å². The van der Waals surface area contributed by atoms with Gasteiger partial charge >= 0.3 is 0 Å². The summed E-state index contributed by atoms with van der Waals surface area (Å²) in [5.41, 5.74) is 4.68. The molecule has 0 bridgehead atoms. The molecule has 5 heteroatoms. The van der Waals surface area contributed by atoms with E-state index in [0.717, 1.165) is 15.6 Å². The Kier molecular flexibility index (Phi) is 5.10. The molecule has 0 saturated heterocycles. The standard InChI is InChI=1S/C14H13Br2FN2/c15-11-3-1-2-9(6-11)7-14(19-18)10-4-5-12(16)13(17)8-10/h1-6,8,14,19H,7,18H2. The molecule has 0 saturated carbocycles. The number of hydrogen-bond acceptors (Lipinski definition) is 2. The van der Waals surface area contributed by atoms with Crippen LogP contribution < -0.4 is 11.3 Å². The monoisotopic (exact) mass is 386 g/mol. The van der Waals surface area contributed by atoms with E-state index in [0.29, 0.717) is 10.9 Å². The van der Waals surface area contributed by atoms with Gasteiger partial charge in [-0.3, -0.25) is 11.3 Å². The summed E-state index contributed by atoms with van der Waals surface area (Å²) in [6, 6.07) is 12.9. The molecule has 0 fully saturated rings. The number of nitrogens with two attached hydrogens (primary N) is 1. The van der Waals surface area contributed by atoms with Crippen LogP contribution in [0.3, 0.4) is 0 Å². The second-order valence-corrected chi connectivity index (χ2v) is 6.00. The first-order chi connectivity index (χ1) is 9.10. The smallest absolute Gasteiger partial charge is 0.137 e. The third kappa shape index (κ3) is 3.86. The Balaban J connectivity index is 2.22. The molecule has 1 atom stereocenters. The number of nitrogens with one attached hydrogen (secondary N) is 1. The highest BCUT2D eigenvalue weighted by Gasteiger charge is 2.12. The fourth-order valence-corrected chi connectivity index (χ4v) is 2.60. The third-order valence-corrected chi connectivity index (χ3v) is 4.01. The van der Waals surface area contributed by atoms with Gasteiger partial charge in [0.2, 0.25) is 0 Å². The third-order valence-electron chi connectivity index (χ3n) is 2.88. The Morgan fingerprint density at radius 2 is 1.95 bits per heavy atom. The molecule has 0 heterocycles. The minimum atomic E-state index is -0.285. The molecule has 2 aromatic rings. The fraction of sp³-hybridized carbons (Fsp3) is 0.143. The Labute approximate surface area is 128 Å². The van der Waals surface area contributed by atoms with Crippen LogP contribution in [0.15, 0.2) is 51.4 Å². The topological polar surface area (TPSA) is 38.0 Å². The van der Waals surface area contributed by atoms with Crippen LogP contribution in [0.2, 0.25) is 0 Å². The van der Waals surface area contributed by atoms with E-state index in [1.165, 1.54) is 6.07 Å². The Morgan fingerprint density at radius 3 is 2.58 bits per heavy atom. The van der Waals surface area contributed by atoms with Crippen LogP contribution in [0.4, 0.5) is 4.39 Å². The van der Waals surface area contributed by atoms with Gasteiger partial charge in [-0.1, -0.05) is 34.1 Å². The molecule has 0 radical (unpaired) electrons. The van der Waals surface area contributed by atoms with Gasteiger partial charge < -0.3 is 0 Å². The average molecular weight is 388 g/mol. The molecule has 100 valence electrons. The van der Waals surface area contributed by atoms with Gasteiger partial charge in [-0.15, -0.1) is 0 Å². The van der Waals surface area contributed by atoms with E-state index >= 15 is 0 Å². The molecule has 1 unspecified atom stereocenters. The number of hydrazine groups is 1. The minimum absolute atomic E-state index is 0.128. The van der Waals surface area contributed by atoms with Crippen molar-refractivity contribution in [3.8, 4) is 0 Å². The molecule has 0 spiro atoms. The summed E-state index contributed by atoms with van der Waals surface area (Å²) in [7, 11) is 0. The molecule has 0 aromatic heterocycles. The van der Waals surface area contributed by atoms with Crippen molar-refractivity contribution >= 4 is 31.9 Å². The van der Waals surface area contributed by atoms with Crippen molar-refractivity contribution in [3.63, 3.8) is 0 Å². The van der Waals surface area contributed by atoms with Gasteiger partial charge in [0.1, 0.15) is 5.82 Å². The second kappa shape index (κ2) is 6.61. The lowest BCUT2D eigenvalue weighted by Gasteiger charge is -2.17. The van der Waals surface area contributed by atoms with Crippen molar-refractivity contribution in [1.29, 1.82) is 0 Å². The van der Waals surface area contributed by atoms with Crippen LogP contribution in [0.1, 0.15) is 17.2 Å². The van der Waals surface area contributed by atoms with Crippen molar-refractivity contribution in [1.82, 2.24) is 5.43 Å². The van der Waals surface area contributed by atoms with Gasteiger partial charge in [-0.05, 0) is 57.7 Å². The normalized spacial score (nSPS) is 12.4. The van der Waals surface area contributed by atoms with Gasteiger partial charge in [0, 0.05) is 4.47 Å². The van der Waals surface area contributed by atoms with Crippen molar-refractivity contribution < 1.29 is 4.39 Å². The molecule has 19 heavy (non-hydrogen) atoms. The van der Waals surface area contributed by atoms with E-state index < -0.39 is 0 Å². The maximum Gasteiger partial charge on any atom is 0.137 e. The summed E-state index contributed by atoms with van der Waals surface area (Å²) >= 11 is 6.58. The van der Waals surface area contributed by atoms with E-state index in [-0.39, 0.29) is 11.9 Å². The molecule has 0 aliphatic rings. The molecular formula is C14H13Br2FN2. The summed E-state index contributed by atoms with van der Waals surface area (Å²) in [6.45, 7) is 0. The first-order valence-electron chi connectivity index (χ1n) is 5.75. The zero-order valence-electron chi connectivity index (χ0n) is 10.0. The average Bonchev–Trinajstić information content (AvgIpc) is 2.39. The quantitative estimate of drug-likeness (QED) is 0.612. The number of benzene rings is 2. The molecule has 3 N–H and O–H groups in total. The van der Waals surface area contributed by atoms with Gasteiger partial charge in [0.25, 0.3) is 0 Å². The SMILES string of the molecule is NNC(Cc1cccc(Br)c1)c1ccc(Br)c(F)c1. The number of hydrogen-bond donors (Lipinski definition) is 2. The summed E-state index contributed by atoms with van der Waals surface area (Å²) in [4.78, 5) is 0. The van der Waals surface area contributed by atoms with Crippen LogP contribution in [-0.2, 0) is 6.42 Å². The van der Waals surface area contributed by atoms with Crippen molar-refractivity contribution in [2.45, 2.75) is 12.5 Å². The van der Waals surface area contributed by atoms with Gasteiger partial charge in [-0.25, -0.2) is 4.39 Å². The van der Waals surface area contributed by atoms with Crippen LogP contribution in [0, 0.1) is 5.82 Å².